The van der Waals surface area contributed by atoms with Crippen molar-refractivity contribution < 1.29 is 39.6 Å². The number of likely N-dealkylation sites (tertiary alicyclic amines) is 1. The van der Waals surface area contributed by atoms with Gasteiger partial charge in [0.1, 0.15) is 16.5 Å². The van der Waals surface area contributed by atoms with E-state index in [0.717, 1.165) is 12.3 Å². The van der Waals surface area contributed by atoms with Gasteiger partial charge >= 0.3 is 0 Å². The first kappa shape index (κ1) is 26.9. The summed E-state index contributed by atoms with van der Waals surface area (Å²) in [4.78, 5) is 29.9. The maximum atomic E-state index is 15.2. The van der Waals surface area contributed by atoms with E-state index in [-0.39, 0.29) is 64.2 Å². The molecule has 7 saturated carbocycles. The van der Waals surface area contributed by atoms with Gasteiger partial charge in [0.2, 0.25) is 15.9 Å². The first-order chi connectivity index (χ1) is 20.7. The predicted octanol–water partition coefficient (Wildman–Crippen LogP) is 2.56. The number of hydrogen-bond donors (Lipinski definition) is 2. The van der Waals surface area contributed by atoms with Crippen molar-refractivity contribution in [2.75, 3.05) is 16.3 Å². The number of hydrogen-bond acceptors (Lipinski definition) is 7. The molecule has 2 aliphatic heterocycles. The Morgan fingerprint density at radius 1 is 0.977 bits per heavy atom. The van der Waals surface area contributed by atoms with E-state index in [4.69, 9.17) is 0 Å². The minimum absolute atomic E-state index is 0.00488. The Morgan fingerprint density at radius 2 is 1.61 bits per heavy atom. The van der Waals surface area contributed by atoms with Gasteiger partial charge in [0.05, 0.1) is 11.9 Å². The van der Waals surface area contributed by atoms with Crippen molar-refractivity contribution in [3.63, 3.8) is 0 Å². The standard InChI is InChI=1S/C29H25F3N4O6S2/c1-43(39,40)34-12-6-7-13-14(8-12)44(41,42)35-27(33-13)22-26(37)21-15-16-18-20(19-17(15)24(19)29(31,32)23(16)18)25(21)36(28(22)38)9-10-2-4-11(30)5-3-10/h2-8,15-25,34H,9H2,1H3,(H,33,35). The van der Waals surface area contributed by atoms with E-state index in [2.05, 4.69) is 14.4 Å². The van der Waals surface area contributed by atoms with E-state index >= 15 is 8.78 Å². The lowest BCUT2D eigenvalue weighted by Gasteiger charge is -2.55. The molecule has 0 aromatic heterocycles. The number of nitrogens with one attached hydrogen (secondary N) is 2. The number of sulfonamides is 2. The number of nitrogens with zero attached hydrogens (tertiary/aromatic N) is 2. The van der Waals surface area contributed by atoms with Gasteiger partial charge in [-0.2, -0.15) is 8.42 Å². The monoisotopic (exact) mass is 646 g/mol. The van der Waals surface area contributed by atoms with Gasteiger partial charge in [0, 0.05) is 36.0 Å². The summed E-state index contributed by atoms with van der Waals surface area (Å²) in [6.07, 6.45) is 0.914. The Morgan fingerprint density at radius 3 is 2.25 bits per heavy atom. The van der Waals surface area contributed by atoms with Crippen molar-refractivity contribution in [1.82, 2.24) is 4.90 Å². The molecule has 9 atom stereocenters. The zero-order valence-corrected chi connectivity index (χ0v) is 24.5. The molecule has 230 valence electrons. The highest BCUT2D eigenvalue weighted by atomic mass is 32.2. The highest BCUT2D eigenvalue weighted by Crippen LogP contribution is 2.90. The van der Waals surface area contributed by atoms with Gasteiger partial charge in [-0.05, 0) is 71.4 Å². The lowest BCUT2D eigenvalue weighted by atomic mass is 9.57. The Bertz CT molecular complexity index is 1940. The minimum Gasteiger partial charge on any atom is -0.341 e. The molecule has 2 aromatic rings. The summed E-state index contributed by atoms with van der Waals surface area (Å²) in [5, 5.41) is 2.83. The van der Waals surface area contributed by atoms with E-state index < -0.39 is 73.2 Å². The molecule has 2 aromatic carbocycles. The highest BCUT2D eigenvalue weighted by molar-refractivity contribution is 7.92. The number of fused-ring (bicyclic) bond motifs is 1. The number of anilines is 2. The van der Waals surface area contributed by atoms with Crippen molar-refractivity contribution in [1.29, 1.82) is 0 Å². The Balaban J connectivity index is 1.12. The SMILES string of the molecule is CS(=O)(=O)Nc1ccc2c(c1)S(=O)(=O)N=C(C1C(=O)C3C4C5C6C(C7C4C7C(F)(F)C56)C3N(Cc3ccc(F)cc3)C1=O)N2. The molecule has 2 N–H and O–H groups in total. The van der Waals surface area contributed by atoms with Crippen LogP contribution in [0.4, 0.5) is 24.5 Å². The van der Waals surface area contributed by atoms with Crippen LogP contribution in [0.15, 0.2) is 51.8 Å². The molecule has 9 aliphatic rings. The molecule has 0 spiro atoms. The fourth-order valence-corrected chi connectivity index (χ4v) is 11.8. The predicted molar refractivity (Wildman–Crippen MR) is 149 cm³/mol. The van der Waals surface area contributed by atoms with Gasteiger partial charge in [-0.15, -0.1) is 4.40 Å². The van der Waals surface area contributed by atoms with Crippen molar-refractivity contribution in [2.45, 2.75) is 23.4 Å². The topological polar surface area (TPSA) is 142 Å². The lowest BCUT2D eigenvalue weighted by molar-refractivity contribution is -0.163. The second kappa shape index (κ2) is 8.03. The number of rotatable bonds is 5. The van der Waals surface area contributed by atoms with Crippen LogP contribution >= 0.6 is 0 Å². The summed E-state index contributed by atoms with van der Waals surface area (Å²) < 4.78 is 100. The summed E-state index contributed by atoms with van der Waals surface area (Å²) in [5.41, 5.74) is 0.586. The molecule has 11 rings (SSSR count). The van der Waals surface area contributed by atoms with Gasteiger partial charge in [-0.25, -0.2) is 21.6 Å². The Labute approximate surface area is 250 Å². The number of carbonyl (C=O) groups excluding carboxylic acids is 2. The summed E-state index contributed by atoms with van der Waals surface area (Å²) >= 11 is 0. The molecular weight excluding hydrogens is 621 g/mol. The molecule has 7 aliphatic carbocycles. The molecule has 44 heavy (non-hydrogen) atoms. The largest absolute Gasteiger partial charge is 0.341 e. The number of halogens is 3. The van der Waals surface area contributed by atoms with Crippen LogP contribution in [0.1, 0.15) is 5.56 Å². The van der Waals surface area contributed by atoms with Crippen LogP contribution in [-0.4, -0.2) is 57.5 Å². The number of ketones is 1. The number of carbonyl (C=O) groups is 2. The summed E-state index contributed by atoms with van der Waals surface area (Å²) in [6, 6.07) is 8.69. The third kappa shape index (κ3) is 3.34. The molecule has 8 fully saturated rings. The van der Waals surface area contributed by atoms with Gasteiger partial charge in [-0.1, -0.05) is 12.1 Å². The van der Waals surface area contributed by atoms with Crippen LogP contribution < -0.4 is 10.0 Å². The normalized spacial score (nSPS) is 40.8. The smallest absolute Gasteiger partial charge is 0.286 e. The van der Waals surface area contributed by atoms with E-state index in [1.807, 2.05) is 0 Å². The van der Waals surface area contributed by atoms with E-state index in [0.29, 0.717) is 5.56 Å². The number of benzene rings is 2. The fourth-order valence-electron chi connectivity index (χ4n) is 10.1. The van der Waals surface area contributed by atoms with Crippen LogP contribution in [0.3, 0.4) is 0 Å². The minimum atomic E-state index is -4.48. The maximum Gasteiger partial charge on any atom is 0.286 e. The molecule has 1 saturated heterocycles. The van der Waals surface area contributed by atoms with Crippen LogP contribution in [0.5, 0.6) is 0 Å². The number of Topliss-reactive ketones (excluding diaryl/α,β-unsaturated/α-hetero) is 1. The number of alkyl halides is 2. The molecule has 10 nitrogen and oxygen atoms in total. The second-order valence-corrected chi connectivity index (χ2v) is 16.6. The van der Waals surface area contributed by atoms with Crippen LogP contribution in [0, 0.1) is 65.0 Å². The van der Waals surface area contributed by atoms with E-state index in [9.17, 15) is 30.8 Å². The number of piperidine rings is 1. The van der Waals surface area contributed by atoms with Crippen molar-refractivity contribution in [3.05, 3.63) is 53.8 Å². The molecule has 9 unspecified atom stereocenters. The Kier molecular flexibility index (Phi) is 4.91. The first-order valence-electron chi connectivity index (χ1n) is 14.4. The summed E-state index contributed by atoms with van der Waals surface area (Å²) in [7, 11) is -8.19. The van der Waals surface area contributed by atoms with Gasteiger partial charge in [0.25, 0.3) is 15.9 Å². The third-order valence-corrected chi connectivity index (χ3v) is 13.1. The second-order valence-electron chi connectivity index (χ2n) is 13.3. The van der Waals surface area contributed by atoms with E-state index in [1.54, 1.807) is 0 Å². The molecule has 1 amide bonds. The van der Waals surface area contributed by atoms with Gasteiger partial charge in [0.15, 0.2) is 11.7 Å². The molecule has 2 heterocycles. The van der Waals surface area contributed by atoms with Gasteiger partial charge < -0.3 is 10.2 Å². The maximum absolute atomic E-state index is 15.2. The lowest BCUT2D eigenvalue weighted by Crippen LogP contribution is -2.67. The molecule has 8 bridgehead atoms. The molecular formula is C29H25F3N4O6S2. The van der Waals surface area contributed by atoms with Crippen molar-refractivity contribution in [2.24, 2.45) is 63.6 Å². The van der Waals surface area contributed by atoms with Crippen LogP contribution in [-0.2, 0) is 36.2 Å². The zero-order valence-electron chi connectivity index (χ0n) is 22.9. The van der Waals surface area contributed by atoms with E-state index in [1.165, 1.54) is 41.3 Å². The summed E-state index contributed by atoms with van der Waals surface area (Å²) in [6.45, 7) is 0.00488. The quantitative estimate of drug-likeness (QED) is 0.476. The van der Waals surface area contributed by atoms with Crippen LogP contribution in [0.2, 0.25) is 0 Å². The first-order valence-corrected chi connectivity index (χ1v) is 17.7. The third-order valence-electron chi connectivity index (χ3n) is 11.2. The molecule has 0 radical (unpaired) electrons. The zero-order chi connectivity index (χ0) is 30.8. The molecule has 15 heteroatoms. The number of amidine groups is 1. The van der Waals surface area contributed by atoms with Crippen molar-refractivity contribution >= 4 is 48.9 Å². The van der Waals surface area contributed by atoms with Crippen molar-refractivity contribution in [3.8, 4) is 0 Å². The summed E-state index contributed by atoms with van der Waals surface area (Å²) in [5.74, 6) is -10.4. The van der Waals surface area contributed by atoms with Crippen LogP contribution in [0.25, 0.3) is 0 Å². The highest BCUT2D eigenvalue weighted by Gasteiger charge is 2.94. The Hall–Kier alpha value is -3.46. The average molecular weight is 647 g/mol. The number of amides is 1. The fraction of sp³-hybridized carbons (Fsp3) is 0.483. The van der Waals surface area contributed by atoms with Gasteiger partial charge in [-0.3, -0.25) is 14.3 Å². The average Bonchev–Trinajstić information content (AvgIpc) is 3.84.